The minimum Gasteiger partial charge on any atom is -0.506 e. The summed E-state index contributed by atoms with van der Waals surface area (Å²) >= 11 is 11.7. The first-order valence-electron chi connectivity index (χ1n) is 15.9. The maximum atomic E-state index is 11.9. The van der Waals surface area contributed by atoms with Gasteiger partial charge < -0.3 is 20.4 Å². The molecule has 0 bridgehead atoms. The van der Waals surface area contributed by atoms with Crippen LogP contribution in [0.5, 0.6) is 23.3 Å². The van der Waals surface area contributed by atoms with E-state index < -0.39 is 20.0 Å². The number of halogens is 2. The summed E-state index contributed by atoms with van der Waals surface area (Å²) in [6.07, 6.45) is 0. The molecule has 298 valence electrons. The fourth-order valence-corrected chi connectivity index (χ4v) is 6.47. The molecule has 6 N–H and O–H groups in total. The molecule has 6 rings (SSSR count). The van der Waals surface area contributed by atoms with Crippen molar-refractivity contribution in [1.29, 1.82) is 0 Å². The van der Waals surface area contributed by atoms with Crippen LogP contribution in [0.25, 0.3) is 11.4 Å². The molecule has 23 heteroatoms. The number of phenolic OH excluding ortho intramolecular Hbond substituents is 2. The van der Waals surface area contributed by atoms with E-state index in [-0.39, 0.29) is 73.2 Å². The van der Waals surface area contributed by atoms with Crippen molar-refractivity contribution in [3.05, 3.63) is 106 Å². The van der Waals surface area contributed by atoms with E-state index in [4.69, 9.17) is 23.2 Å². The average Bonchev–Trinajstić information content (AvgIpc) is 3.62. The zero-order valence-electron chi connectivity index (χ0n) is 30.1. The van der Waals surface area contributed by atoms with E-state index in [1.165, 1.54) is 59.9 Å². The number of aryl methyl sites for hydroxylation is 2. The number of hydrogen-bond donors (Lipinski definition) is 6. The molecule has 0 aliphatic heterocycles. The van der Waals surface area contributed by atoms with E-state index in [1.54, 1.807) is 62.4 Å². The second-order valence-electron chi connectivity index (χ2n) is 11.4. The first kappa shape index (κ1) is 44.3. The number of benzene rings is 4. The van der Waals surface area contributed by atoms with Crippen LogP contribution >= 0.6 is 23.2 Å². The number of rotatable bonds is 10. The second kappa shape index (κ2) is 18.3. The maximum absolute atomic E-state index is 11.9. The van der Waals surface area contributed by atoms with Crippen molar-refractivity contribution >= 4 is 66.0 Å². The van der Waals surface area contributed by atoms with Crippen molar-refractivity contribution in [2.24, 2.45) is 20.5 Å². The van der Waals surface area contributed by atoms with Crippen molar-refractivity contribution in [1.82, 2.24) is 29.0 Å². The Morgan fingerprint density at radius 2 is 0.895 bits per heavy atom. The number of phenols is 2. The molecule has 6 aromatic rings. The molecular formula is C34H32Cl2CrN10O8S2. The van der Waals surface area contributed by atoms with E-state index in [0.717, 1.165) is 0 Å². The van der Waals surface area contributed by atoms with Gasteiger partial charge in [0, 0.05) is 27.4 Å². The standard InChI is InChI=1S/2C17H16ClN5O4S.Cr/c2*1-10-16(17(25)23(22-10)12-5-3-11(18)4-6-12)21-20-14-9-13(7-8-15(14)24)28(26,27)19-2;/h2*3-9,19,24-25H,1-2H3;. The third-order valence-electron chi connectivity index (χ3n) is 7.72. The van der Waals surface area contributed by atoms with E-state index >= 15 is 0 Å². The summed E-state index contributed by atoms with van der Waals surface area (Å²) in [5.41, 5.74) is 1.91. The first-order chi connectivity index (χ1) is 26.4. The van der Waals surface area contributed by atoms with Crippen LogP contribution in [-0.2, 0) is 37.4 Å². The fourth-order valence-electron chi connectivity index (χ4n) is 4.72. The topological polar surface area (TPSA) is 258 Å². The summed E-state index contributed by atoms with van der Waals surface area (Å²) < 4.78 is 54.5. The predicted octanol–water partition coefficient (Wildman–Crippen LogP) is 7.14. The summed E-state index contributed by atoms with van der Waals surface area (Å²) in [5.74, 6) is -1.05. The molecule has 0 aliphatic rings. The number of hydrogen-bond acceptors (Lipinski definition) is 14. The van der Waals surface area contributed by atoms with E-state index in [2.05, 4.69) is 40.1 Å². The Morgan fingerprint density at radius 1 is 0.561 bits per heavy atom. The molecule has 4 aromatic carbocycles. The Bertz CT molecular complexity index is 2510. The molecule has 0 amide bonds. The van der Waals surface area contributed by atoms with Crippen LogP contribution in [-0.4, -0.2) is 70.9 Å². The molecule has 0 saturated heterocycles. The first-order valence-corrected chi connectivity index (χ1v) is 19.6. The zero-order valence-corrected chi connectivity index (χ0v) is 34.5. The number of sulfonamides is 2. The fraction of sp³-hybridized carbons (Fsp3) is 0.118. The van der Waals surface area contributed by atoms with Crippen molar-refractivity contribution in [3.63, 3.8) is 0 Å². The zero-order chi connectivity index (χ0) is 40.9. The van der Waals surface area contributed by atoms with Gasteiger partial charge in [0.25, 0.3) is 0 Å². The Morgan fingerprint density at radius 3 is 1.21 bits per heavy atom. The van der Waals surface area contributed by atoms with Gasteiger partial charge in [0.2, 0.25) is 31.8 Å². The molecular weight excluding hydrogens is 863 g/mol. The monoisotopic (exact) mass is 894 g/mol. The number of nitrogens with zero attached hydrogens (tertiary/aromatic N) is 8. The van der Waals surface area contributed by atoms with Crippen LogP contribution in [0.15, 0.2) is 115 Å². The van der Waals surface area contributed by atoms with E-state index in [0.29, 0.717) is 32.8 Å². The van der Waals surface area contributed by atoms with Crippen LogP contribution in [0.4, 0.5) is 22.7 Å². The third kappa shape index (κ3) is 10.1. The molecule has 0 unspecified atom stereocenters. The Hall–Kier alpha value is -5.37. The predicted molar refractivity (Wildman–Crippen MR) is 207 cm³/mol. The van der Waals surface area contributed by atoms with Gasteiger partial charge in [0.15, 0.2) is 11.4 Å². The van der Waals surface area contributed by atoms with Crippen molar-refractivity contribution in [2.75, 3.05) is 14.1 Å². The van der Waals surface area contributed by atoms with Gasteiger partial charge in [-0.05, 0) is 113 Å². The van der Waals surface area contributed by atoms with Crippen molar-refractivity contribution < 1.29 is 54.6 Å². The number of azo groups is 2. The molecule has 0 atom stereocenters. The van der Waals surface area contributed by atoms with Gasteiger partial charge in [-0.2, -0.15) is 19.6 Å². The number of aromatic nitrogens is 4. The van der Waals surface area contributed by atoms with Gasteiger partial charge in [-0.1, -0.05) is 23.2 Å². The van der Waals surface area contributed by atoms with E-state index in [1.807, 2.05) is 0 Å². The maximum Gasteiger partial charge on any atom is 0.243 e. The summed E-state index contributed by atoms with van der Waals surface area (Å²) in [6, 6.07) is 20.5. The number of aromatic hydroxyl groups is 4. The molecule has 0 radical (unpaired) electrons. The summed E-state index contributed by atoms with van der Waals surface area (Å²) in [7, 11) is -4.88. The molecule has 2 heterocycles. The van der Waals surface area contributed by atoms with Gasteiger partial charge in [-0.3, -0.25) is 0 Å². The van der Waals surface area contributed by atoms with E-state index in [9.17, 15) is 37.3 Å². The average molecular weight is 896 g/mol. The Kier molecular flexibility index (Phi) is 14.2. The molecule has 57 heavy (non-hydrogen) atoms. The van der Waals surface area contributed by atoms with Gasteiger partial charge in [-0.25, -0.2) is 26.3 Å². The van der Waals surface area contributed by atoms with Gasteiger partial charge >= 0.3 is 0 Å². The Balaban J connectivity index is 0.000000248. The smallest absolute Gasteiger partial charge is 0.243 e. The second-order valence-corrected chi connectivity index (χ2v) is 16.1. The largest absolute Gasteiger partial charge is 0.506 e. The van der Waals surface area contributed by atoms with Crippen LogP contribution in [0.3, 0.4) is 0 Å². The van der Waals surface area contributed by atoms with Gasteiger partial charge in [0.1, 0.15) is 22.9 Å². The molecule has 18 nitrogen and oxygen atoms in total. The van der Waals surface area contributed by atoms with Crippen molar-refractivity contribution in [2.45, 2.75) is 23.6 Å². The van der Waals surface area contributed by atoms with Gasteiger partial charge in [-0.15, -0.1) is 20.5 Å². The summed E-state index contributed by atoms with van der Waals surface area (Å²) in [5, 5.41) is 65.9. The molecule has 0 aliphatic carbocycles. The summed E-state index contributed by atoms with van der Waals surface area (Å²) in [6.45, 7) is 3.25. The molecule has 0 fully saturated rings. The van der Waals surface area contributed by atoms with Crippen LogP contribution < -0.4 is 9.44 Å². The third-order valence-corrected chi connectivity index (χ3v) is 11.0. The molecule has 0 saturated carbocycles. The number of nitrogens with one attached hydrogen (secondary N) is 2. The Labute approximate surface area is 347 Å². The molecule has 2 aromatic heterocycles. The minimum absolute atomic E-state index is 0. The molecule has 0 spiro atoms. The normalized spacial score (nSPS) is 11.8. The van der Waals surface area contributed by atoms with Crippen LogP contribution in [0.1, 0.15) is 11.4 Å². The van der Waals surface area contributed by atoms with Crippen molar-refractivity contribution in [3.8, 4) is 34.6 Å². The minimum atomic E-state index is -3.71. The quantitative estimate of drug-likeness (QED) is 0.0758. The summed E-state index contributed by atoms with van der Waals surface area (Å²) in [4.78, 5) is -0.167. The van der Waals surface area contributed by atoms with Gasteiger partial charge in [0.05, 0.1) is 32.6 Å². The SMILES string of the molecule is CNS(=O)(=O)c1ccc(O)c(N=Nc2c(C)nn(-c3ccc(Cl)cc3)c2O)c1.CNS(=O)(=O)c1ccc(O)c(N=Nc2c(C)nn(-c3ccc(Cl)cc3)c2O)c1.[Cr]. The van der Waals surface area contributed by atoms with Crippen LogP contribution in [0, 0.1) is 13.8 Å². The van der Waals surface area contributed by atoms with Crippen LogP contribution in [0.2, 0.25) is 10.0 Å².